The van der Waals surface area contributed by atoms with Crippen LogP contribution in [0.25, 0.3) is 10.9 Å². The van der Waals surface area contributed by atoms with Crippen LogP contribution in [0.1, 0.15) is 0 Å². The Hall–Kier alpha value is -2.28. The number of benzene rings is 1. The molecule has 2 heterocycles. The van der Waals surface area contributed by atoms with Crippen molar-refractivity contribution in [3.05, 3.63) is 47.3 Å². The van der Waals surface area contributed by atoms with E-state index in [9.17, 15) is 4.79 Å². The van der Waals surface area contributed by atoms with Crippen molar-refractivity contribution in [3.63, 3.8) is 0 Å². The van der Waals surface area contributed by atoms with E-state index in [-0.39, 0.29) is 5.56 Å². The van der Waals surface area contributed by atoms with Gasteiger partial charge in [0.2, 0.25) is 0 Å². The monoisotopic (exact) mass is 302 g/mol. The molecule has 21 heavy (non-hydrogen) atoms. The highest BCUT2D eigenvalue weighted by Gasteiger charge is 2.07. The van der Waals surface area contributed by atoms with Crippen molar-refractivity contribution >= 4 is 22.7 Å². The maximum atomic E-state index is 12.4. The summed E-state index contributed by atoms with van der Waals surface area (Å²) in [5, 5.41) is 1.44. The van der Waals surface area contributed by atoms with Crippen molar-refractivity contribution < 1.29 is 4.74 Å². The van der Waals surface area contributed by atoms with Gasteiger partial charge >= 0.3 is 0 Å². The smallest absolute Gasteiger partial charge is 0.261 e. The van der Waals surface area contributed by atoms with Gasteiger partial charge in [-0.2, -0.15) is 0 Å². The van der Waals surface area contributed by atoms with Crippen LogP contribution in [0.15, 0.2) is 46.9 Å². The minimum Gasteiger partial charge on any atom is -0.497 e. The van der Waals surface area contributed by atoms with Crippen molar-refractivity contribution in [1.29, 1.82) is 0 Å². The number of hydrogen-bond acceptors (Lipinski definition) is 5. The Balaban J connectivity index is 1.91. The number of aromatic nitrogens is 4. The fraction of sp³-hybridized carbons (Fsp3) is 0.214. The highest BCUT2D eigenvalue weighted by atomic mass is 32.2. The quantitative estimate of drug-likeness (QED) is 0.689. The van der Waals surface area contributed by atoms with Gasteiger partial charge < -0.3 is 9.30 Å². The first-order valence-electron chi connectivity index (χ1n) is 6.32. The van der Waals surface area contributed by atoms with Crippen LogP contribution in [0.2, 0.25) is 0 Å². The second kappa shape index (κ2) is 5.61. The molecule has 0 fully saturated rings. The van der Waals surface area contributed by atoms with E-state index in [4.69, 9.17) is 4.74 Å². The van der Waals surface area contributed by atoms with E-state index < -0.39 is 0 Å². The molecule has 0 N–H and O–H groups in total. The van der Waals surface area contributed by atoms with Crippen LogP contribution in [0.5, 0.6) is 5.75 Å². The Kier molecular flexibility index (Phi) is 3.66. The molecule has 0 aliphatic rings. The highest BCUT2D eigenvalue weighted by Crippen LogP contribution is 2.18. The fourth-order valence-electron chi connectivity index (χ4n) is 1.98. The highest BCUT2D eigenvalue weighted by molar-refractivity contribution is 7.98. The fourth-order valence-corrected chi connectivity index (χ4v) is 2.81. The average Bonchev–Trinajstić information content (AvgIpc) is 2.91. The number of ether oxygens (including phenoxy) is 1. The lowest BCUT2D eigenvalue weighted by molar-refractivity contribution is 0.415. The maximum absolute atomic E-state index is 12.4. The molecule has 0 bridgehead atoms. The molecule has 0 aliphatic carbocycles. The summed E-state index contributed by atoms with van der Waals surface area (Å²) >= 11 is 1.49. The van der Waals surface area contributed by atoms with Crippen LogP contribution < -0.4 is 10.3 Å². The first-order valence-corrected chi connectivity index (χ1v) is 7.31. The van der Waals surface area contributed by atoms with Gasteiger partial charge in [-0.15, -0.1) is 0 Å². The summed E-state index contributed by atoms with van der Waals surface area (Å²) in [5.41, 5.74) is 0.571. The van der Waals surface area contributed by atoms with E-state index in [0.29, 0.717) is 22.5 Å². The van der Waals surface area contributed by atoms with E-state index in [1.165, 1.54) is 11.8 Å². The molecule has 108 valence electrons. The molecule has 0 aliphatic heterocycles. The Labute approximate surface area is 125 Å². The zero-order chi connectivity index (χ0) is 14.8. The number of nitrogens with zero attached hydrogens (tertiary/aromatic N) is 4. The molecule has 0 unspecified atom stereocenters. The van der Waals surface area contributed by atoms with Gasteiger partial charge in [-0.05, 0) is 12.1 Å². The molecule has 0 radical (unpaired) electrons. The van der Waals surface area contributed by atoms with E-state index in [1.54, 1.807) is 42.4 Å². The van der Waals surface area contributed by atoms with E-state index in [2.05, 4.69) is 9.97 Å². The zero-order valence-corrected chi connectivity index (χ0v) is 12.5. The Morgan fingerprint density at radius 1 is 1.33 bits per heavy atom. The van der Waals surface area contributed by atoms with Crippen LogP contribution in [0.4, 0.5) is 0 Å². The van der Waals surface area contributed by atoms with Gasteiger partial charge in [0.25, 0.3) is 5.56 Å². The van der Waals surface area contributed by atoms with Gasteiger partial charge in [-0.25, -0.2) is 9.97 Å². The SMILES string of the molecule is COc1ccc2c(=O)n(CSc3nccn3C)cnc2c1. The molecule has 6 nitrogen and oxygen atoms in total. The van der Waals surface area contributed by atoms with Gasteiger partial charge in [0.05, 0.1) is 30.2 Å². The first-order chi connectivity index (χ1) is 10.2. The lowest BCUT2D eigenvalue weighted by Crippen LogP contribution is -2.19. The van der Waals surface area contributed by atoms with Crippen molar-refractivity contribution in [2.24, 2.45) is 7.05 Å². The summed E-state index contributed by atoms with van der Waals surface area (Å²) in [6, 6.07) is 5.26. The third-order valence-electron chi connectivity index (χ3n) is 3.14. The molecule has 0 spiro atoms. The maximum Gasteiger partial charge on any atom is 0.261 e. The first kappa shape index (κ1) is 13.7. The van der Waals surface area contributed by atoms with Crippen LogP contribution in [0.3, 0.4) is 0 Å². The minimum atomic E-state index is -0.0654. The molecule has 7 heteroatoms. The van der Waals surface area contributed by atoms with E-state index in [0.717, 1.165) is 5.16 Å². The second-order valence-corrected chi connectivity index (χ2v) is 5.41. The van der Waals surface area contributed by atoms with Crippen molar-refractivity contribution in [3.8, 4) is 5.75 Å². The predicted molar refractivity (Wildman–Crippen MR) is 81.6 cm³/mol. The van der Waals surface area contributed by atoms with Crippen molar-refractivity contribution in [1.82, 2.24) is 19.1 Å². The van der Waals surface area contributed by atoms with Gasteiger partial charge in [-0.3, -0.25) is 9.36 Å². The number of fused-ring (bicyclic) bond motifs is 1. The lowest BCUT2D eigenvalue weighted by atomic mass is 10.2. The van der Waals surface area contributed by atoms with Crippen LogP contribution in [0, 0.1) is 0 Å². The average molecular weight is 302 g/mol. The molecule has 0 saturated carbocycles. The summed E-state index contributed by atoms with van der Waals surface area (Å²) in [7, 11) is 3.51. The summed E-state index contributed by atoms with van der Waals surface area (Å²) < 4.78 is 8.63. The number of hydrogen-bond donors (Lipinski definition) is 0. The van der Waals surface area contributed by atoms with Gasteiger partial charge in [0.1, 0.15) is 5.75 Å². The third kappa shape index (κ3) is 2.64. The topological polar surface area (TPSA) is 61.9 Å². The summed E-state index contributed by atoms with van der Waals surface area (Å²) in [5.74, 6) is 1.16. The summed E-state index contributed by atoms with van der Waals surface area (Å²) in [6.07, 6.45) is 5.16. The number of imidazole rings is 1. The molecule has 3 aromatic rings. The molecular weight excluding hydrogens is 288 g/mol. The number of aryl methyl sites for hydroxylation is 1. The van der Waals surface area contributed by atoms with Crippen LogP contribution >= 0.6 is 11.8 Å². The Bertz CT molecular complexity index is 840. The number of methoxy groups -OCH3 is 1. The van der Waals surface area contributed by atoms with Crippen LogP contribution in [-0.4, -0.2) is 26.2 Å². The lowest BCUT2D eigenvalue weighted by Gasteiger charge is -2.07. The molecule has 0 amide bonds. The zero-order valence-electron chi connectivity index (χ0n) is 11.7. The summed E-state index contributed by atoms with van der Waals surface area (Å²) in [4.78, 5) is 20.9. The molecule has 1 aromatic carbocycles. The Morgan fingerprint density at radius 2 is 2.19 bits per heavy atom. The standard InChI is InChI=1S/C14H14N4O2S/c1-17-6-5-15-14(17)21-9-18-8-16-12-7-10(20-2)3-4-11(12)13(18)19/h3-8H,9H2,1-2H3. The number of thioether (sulfide) groups is 1. The van der Waals surface area contributed by atoms with Crippen molar-refractivity contribution in [2.45, 2.75) is 11.0 Å². The third-order valence-corrected chi connectivity index (χ3v) is 4.20. The van der Waals surface area contributed by atoms with Crippen molar-refractivity contribution in [2.75, 3.05) is 7.11 Å². The Morgan fingerprint density at radius 3 is 2.90 bits per heavy atom. The van der Waals surface area contributed by atoms with E-state index in [1.807, 2.05) is 17.8 Å². The molecule has 0 atom stereocenters. The van der Waals surface area contributed by atoms with Crippen LogP contribution in [-0.2, 0) is 12.9 Å². The van der Waals surface area contributed by atoms with Gasteiger partial charge in [0, 0.05) is 25.5 Å². The molecular formula is C14H14N4O2S. The normalized spacial score (nSPS) is 11.0. The predicted octanol–water partition coefficient (Wildman–Crippen LogP) is 1.89. The second-order valence-electron chi connectivity index (χ2n) is 4.50. The minimum absolute atomic E-state index is 0.0654. The molecule has 3 rings (SSSR count). The number of rotatable bonds is 4. The van der Waals surface area contributed by atoms with Gasteiger partial charge in [0.15, 0.2) is 5.16 Å². The largest absolute Gasteiger partial charge is 0.497 e. The van der Waals surface area contributed by atoms with E-state index >= 15 is 0 Å². The molecule has 0 saturated heterocycles. The van der Waals surface area contributed by atoms with Gasteiger partial charge in [-0.1, -0.05) is 11.8 Å². The summed E-state index contributed by atoms with van der Waals surface area (Å²) in [6.45, 7) is 0. The molecule has 2 aromatic heterocycles.